The summed E-state index contributed by atoms with van der Waals surface area (Å²) in [5.41, 5.74) is 0.976. The summed E-state index contributed by atoms with van der Waals surface area (Å²) < 4.78 is 7.15. The van der Waals surface area contributed by atoms with E-state index in [9.17, 15) is 4.79 Å². The fourth-order valence-electron chi connectivity index (χ4n) is 2.30. The lowest BCUT2D eigenvalue weighted by Gasteiger charge is -2.17. The molecule has 18 heavy (non-hydrogen) atoms. The molecule has 1 saturated heterocycles. The summed E-state index contributed by atoms with van der Waals surface area (Å²) in [6.07, 6.45) is 5.16. The zero-order valence-corrected chi connectivity index (χ0v) is 11.1. The summed E-state index contributed by atoms with van der Waals surface area (Å²) in [6, 6.07) is 0.175. The van der Waals surface area contributed by atoms with Gasteiger partial charge in [0.1, 0.15) is 5.78 Å². The minimum atomic E-state index is -0.0169. The normalized spacial score (nSPS) is 23.4. The van der Waals surface area contributed by atoms with Gasteiger partial charge in [-0.2, -0.15) is 5.10 Å². The van der Waals surface area contributed by atoms with Crippen molar-refractivity contribution in [2.75, 3.05) is 19.8 Å². The van der Waals surface area contributed by atoms with Crippen LogP contribution in [0.5, 0.6) is 0 Å². The van der Waals surface area contributed by atoms with Crippen LogP contribution in [-0.2, 0) is 23.0 Å². The molecule has 0 saturated carbocycles. The topological polar surface area (TPSA) is 56.1 Å². The average molecular weight is 251 g/mol. The van der Waals surface area contributed by atoms with Gasteiger partial charge >= 0.3 is 0 Å². The highest BCUT2D eigenvalue weighted by Gasteiger charge is 2.33. The van der Waals surface area contributed by atoms with Crippen molar-refractivity contribution in [1.82, 2.24) is 15.1 Å². The summed E-state index contributed by atoms with van der Waals surface area (Å²) in [5.74, 6) is 0.228. The number of ether oxygens (including phenoxy) is 1. The van der Waals surface area contributed by atoms with E-state index in [2.05, 4.69) is 17.3 Å². The highest BCUT2D eigenvalue weighted by Crippen LogP contribution is 2.17. The highest BCUT2D eigenvalue weighted by molar-refractivity contribution is 5.84. The molecule has 1 N–H and O–H groups in total. The van der Waals surface area contributed by atoms with Crippen LogP contribution < -0.4 is 5.32 Å². The Kier molecular flexibility index (Phi) is 4.49. The van der Waals surface area contributed by atoms with Crippen LogP contribution in [0.1, 0.15) is 18.9 Å². The van der Waals surface area contributed by atoms with E-state index < -0.39 is 0 Å². The lowest BCUT2D eigenvalue weighted by atomic mass is 9.94. The first-order chi connectivity index (χ1) is 8.70. The van der Waals surface area contributed by atoms with Crippen molar-refractivity contribution >= 4 is 5.78 Å². The van der Waals surface area contributed by atoms with Gasteiger partial charge in [0.2, 0.25) is 0 Å². The molecule has 2 heterocycles. The van der Waals surface area contributed by atoms with Crippen LogP contribution in [0.2, 0.25) is 0 Å². The maximum atomic E-state index is 12.2. The molecule has 0 amide bonds. The summed E-state index contributed by atoms with van der Waals surface area (Å²) in [5, 5.41) is 7.47. The fraction of sp³-hybridized carbons (Fsp3) is 0.692. The molecule has 1 aliphatic rings. The Morgan fingerprint density at radius 3 is 3.11 bits per heavy atom. The molecule has 5 nitrogen and oxygen atoms in total. The Hall–Kier alpha value is -1.20. The van der Waals surface area contributed by atoms with E-state index in [1.54, 1.807) is 10.9 Å². The van der Waals surface area contributed by atoms with E-state index >= 15 is 0 Å². The molecule has 2 rings (SSSR count). The van der Waals surface area contributed by atoms with Crippen LogP contribution in [0.4, 0.5) is 0 Å². The van der Waals surface area contributed by atoms with E-state index in [-0.39, 0.29) is 17.7 Å². The van der Waals surface area contributed by atoms with Gasteiger partial charge in [-0.25, -0.2) is 0 Å². The summed E-state index contributed by atoms with van der Waals surface area (Å²) in [4.78, 5) is 12.2. The van der Waals surface area contributed by atoms with Crippen molar-refractivity contribution in [3.63, 3.8) is 0 Å². The number of aryl methyl sites for hydroxylation is 1. The number of ketones is 1. The number of hydrogen-bond acceptors (Lipinski definition) is 4. The zero-order chi connectivity index (χ0) is 13.0. The number of aromatic nitrogens is 2. The smallest absolute Gasteiger partial charge is 0.144 e. The second-order valence-electron chi connectivity index (χ2n) is 4.87. The van der Waals surface area contributed by atoms with Gasteiger partial charge in [0.15, 0.2) is 0 Å². The SMILES string of the molecule is CCCNC1COCC1C(=O)Cc1cnn(C)c1. The first-order valence-corrected chi connectivity index (χ1v) is 6.52. The second kappa shape index (κ2) is 6.11. The number of rotatable bonds is 6. The minimum Gasteiger partial charge on any atom is -0.379 e. The summed E-state index contributed by atoms with van der Waals surface area (Å²) in [7, 11) is 1.86. The third-order valence-electron chi connectivity index (χ3n) is 3.29. The highest BCUT2D eigenvalue weighted by atomic mass is 16.5. The predicted molar refractivity (Wildman–Crippen MR) is 68.3 cm³/mol. The second-order valence-corrected chi connectivity index (χ2v) is 4.87. The molecule has 0 radical (unpaired) electrons. The van der Waals surface area contributed by atoms with Crippen LogP contribution >= 0.6 is 0 Å². The van der Waals surface area contributed by atoms with E-state index in [1.807, 2.05) is 13.2 Å². The Bertz CT molecular complexity index is 403. The summed E-state index contributed by atoms with van der Waals surface area (Å²) >= 11 is 0. The quantitative estimate of drug-likeness (QED) is 0.802. The largest absolute Gasteiger partial charge is 0.379 e. The number of nitrogens with zero attached hydrogens (tertiary/aromatic N) is 2. The third-order valence-corrected chi connectivity index (χ3v) is 3.29. The molecular weight excluding hydrogens is 230 g/mol. The number of carbonyl (C=O) groups excluding carboxylic acids is 1. The average Bonchev–Trinajstić information content (AvgIpc) is 2.95. The monoisotopic (exact) mass is 251 g/mol. The van der Waals surface area contributed by atoms with Crippen molar-refractivity contribution in [2.45, 2.75) is 25.8 Å². The third kappa shape index (κ3) is 3.17. The van der Waals surface area contributed by atoms with Gasteiger partial charge in [0.05, 0.1) is 25.3 Å². The Morgan fingerprint density at radius 2 is 2.44 bits per heavy atom. The Balaban J connectivity index is 1.91. The van der Waals surface area contributed by atoms with Crippen LogP contribution in [0.15, 0.2) is 12.4 Å². The molecule has 2 atom stereocenters. The van der Waals surface area contributed by atoms with Gasteiger partial charge in [-0.3, -0.25) is 9.48 Å². The number of carbonyl (C=O) groups is 1. The van der Waals surface area contributed by atoms with Crippen molar-refractivity contribution in [3.8, 4) is 0 Å². The van der Waals surface area contributed by atoms with E-state index in [0.29, 0.717) is 19.6 Å². The van der Waals surface area contributed by atoms with Gasteiger partial charge < -0.3 is 10.1 Å². The van der Waals surface area contributed by atoms with Crippen molar-refractivity contribution in [3.05, 3.63) is 18.0 Å². The van der Waals surface area contributed by atoms with Gasteiger partial charge in [-0.05, 0) is 18.5 Å². The molecule has 2 unspecified atom stereocenters. The summed E-state index contributed by atoms with van der Waals surface area (Å²) in [6.45, 7) is 4.24. The molecule has 1 fully saturated rings. The predicted octanol–water partition coefficient (Wildman–Crippen LogP) is 0.546. The first kappa shape index (κ1) is 13.2. The molecule has 0 aliphatic carbocycles. The molecule has 100 valence electrons. The molecule has 1 aliphatic heterocycles. The lowest BCUT2D eigenvalue weighted by molar-refractivity contribution is -0.122. The number of hydrogen-bond donors (Lipinski definition) is 1. The van der Waals surface area contributed by atoms with E-state index in [4.69, 9.17) is 4.74 Å². The van der Waals surface area contributed by atoms with E-state index in [1.165, 1.54) is 0 Å². The Labute approximate surface area is 108 Å². The van der Waals surface area contributed by atoms with Gasteiger partial charge in [-0.1, -0.05) is 6.92 Å². The van der Waals surface area contributed by atoms with Crippen LogP contribution in [0, 0.1) is 5.92 Å². The minimum absolute atomic E-state index is 0.0169. The Morgan fingerprint density at radius 1 is 1.61 bits per heavy atom. The molecule has 0 bridgehead atoms. The van der Waals surface area contributed by atoms with Gasteiger partial charge in [-0.15, -0.1) is 0 Å². The maximum Gasteiger partial charge on any atom is 0.144 e. The van der Waals surface area contributed by atoms with Crippen molar-refractivity contribution in [1.29, 1.82) is 0 Å². The van der Waals surface area contributed by atoms with Crippen molar-refractivity contribution < 1.29 is 9.53 Å². The van der Waals surface area contributed by atoms with Gasteiger partial charge in [0, 0.05) is 25.7 Å². The molecule has 1 aromatic rings. The zero-order valence-electron chi connectivity index (χ0n) is 11.1. The van der Waals surface area contributed by atoms with E-state index in [0.717, 1.165) is 18.5 Å². The van der Waals surface area contributed by atoms with Crippen molar-refractivity contribution in [2.24, 2.45) is 13.0 Å². The maximum absolute atomic E-state index is 12.2. The number of Topliss-reactive ketones (excluding diaryl/α,β-unsaturated/α-hetero) is 1. The molecule has 1 aromatic heterocycles. The number of nitrogens with one attached hydrogen (secondary N) is 1. The molecular formula is C13H21N3O2. The molecule has 0 aromatic carbocycles. The first-order valence-electron chi connectivity index (χ1n) is 6.52. The van der Waals surface area contributed by atoms with Gasteiger partial charge in [0.25, 0.3) is 0 Å². The fourth-order valence-corrected chi connectivity index (χ4v) is 2.30. The van der Waals surface area contributed by atoms with Crippen LogP contribution in [0.3, 0.4) is 0 Å². The lowest BCUT2D eigenvalue weighted by Crippen LogP contribution is -2.40. The van der Waals surface area contributed by atoms with Crippen LogP contribution in [0.25, 0.3) is 0 Å². The standard InChI is InChI=1S/C13H21N3O2/c1-3-4-14-12-9-18-8-11(12)13(17)5-10-6-15-16(2)7-10/h6-7,11-12,14H,3-5,8-9H2,1-2H3. The molecule has 5 heteroatoms. The molecule has 0 spiro atoms. The van der Waals surface area contributed by atoms with Crippen LogP contribution in [-0.4, -0.2) is 41.4 Å².